The van der Waals surface area contributed by atoms with Gasteiger partial charge in [0.15, 0.2) is 0 Å². The van der Waals surface area contributed by atoms with E-state index in [2.05, 4.69) is 32.0 Å². The van der Waals surface area contributed by atoms with Gasteiger partial charge in [-0.15, -0.1) is 0 Å². The summed E-state index contributed by atoms with van der Waals surface area (Å²) < 4.78 is 72.0. The van der Waals surface area contributed by atoms with Crippen LogP contribution in [0.15, 0.2) is 47.5 Å². The predicted molar refractivity (Wildman–Crippen MR) is 150 cm³/mol. The Balaban J connectivity index is 2.03. The first kappa shape index (κ1) is 30.7. The minimum Gasteiger partial charge on any atom is -0.378 e. The maximum absolute atomic E-state index is 15.2. The summed E-state index contributed by atoms with van der Waals surface area (Å²) in [4.78, 5) is 17.0. The highest BCUT2D eigenvalue weighted by Gasteiger charge is 2.28. The third-order valence-corrected chi connectivity index (χ3v) is 7.54. The number of carbonyl (C=O) groups excluding carboxylic acids is 1. The Kier molecular flexibility index (Phi) is 8.45. The van der Waals surface area contributed by atoms with Crippen molar-refractivity contribution in [1.82, 2.24) is 24.8 Å². The number of aromatic nitrogens is 3. The molecule has 0 saturated carbocycles. The number of carbonyl (C=O) groups is 1. The molecule has 0 saturated heterocycles. The van der Waals surface area contributed by atoms with E-state index in [1.54, 1.807) is 12.1 Å². The molecule has 3 N–H and O–H groups in total. The van der Waals surface area contributed by atoms with E-state index in [-0.39, 0.29) is 34.3 Å². The number of nitrogens with one attached hydrogen (secondary N) is 2. The average Bonchev–Trinajstić information content (AvgIpc) is 3.25. The fourth-order valence-corrected chi connectivity index (χ4v) is 5.41. The van der Waals surface area contributed by atoms with Crippen molar-refractivity contribution >= 4 is 26.8 Å². The van der Waals surface area contributed by atoms with E-state index in [0.717, 1.165) is 24.3 Å². The van der Waals surface area contributed by atoms with Crippen molar-refractivity contribution in [2.45, 2.75) is 43.9 Å². The zero-order valence-electron chi connectivity index (χ0n) is 23.4. The molecule has 2 heterocycles. The minimum atomic E-state index is -4.15. The van der Waals surface area contributed by atoms with Crippen LogP contribution in [0.4, 0.5) is 13.2 Å². The van der Waals surface area contributed by atoms with Crippen molar-refractivity contribution < 1.29 is 31.5 Å². The molecule has 0 unspecified atom stereocenters. The minimum absolute atomic E-state index is 0.0915. The molecule has 0 fully saturated rings. The summed E-state index contributed by atoms with van der Waals surface area (Å²) in [7, 11) is -1.52. The molecule has 0 bridgehead atoms. The normalized spacial score (nSPS) is 12.6. The molecule has 2 aromatic heterocycles. The molecule has 2 aromatic carbocycles. The molecule has 220 valence electrons. The predicted octanol–water partition coefficient (Wildman–Crippen LogP) is 3.50. The van der Waals surface area contributed by atoms with Crippen LogP contribution in [0.3, 0.4) is 0 Å². The topological polar surface area (TPSA) is 126 Å². The lowest BCUT2D eigenvalue weighted by molar-refractivity contribution is -0.119. The lowest BCUT2D eigenvalue weighted by Gasteiger charge is -2.22. The molecule has 13 heteroatoms. The van der Waals surface area contributed by atoms with Crippen LogP contribution in [0.2, 0.25) is 0 Å². The van der Waals surface area contributed by atoms with Crippen LogP contribution in [-0.4, -0.2) is 46.8 Å². The molecule has 1 atom stereocenters. The summed E-state index contributed by atoms with van der Waals surface area (Å²) in [5.74, 6) is 2.53. The zero-order chi connectivity index (χ0) is 31.0. The highest BCUT2D eigenvalue weighted by molar-refractivity contribution is 7.89. The van der Waals surface area contributed by atoms with Crippen molar-refractivity contribution in [3.05, 3.63) is 76.9 Å². The number of halogens is 3. The third kappa shape index (κ3) is 6.62. The van der Waals surface area contributed by atoms with Gasteiger partial charge in [0.25, 0.3) is 10.0 Å². The van der Waals surface area contributed by atoms with Crippen molar-refractivity contribution in [3.63, 3.8) is 0 Å². The Labute approximate surface area is 240 Å². The summed E-state index contributed by atoms with van der Waals surface area (Å²) in [6, 6.07) is 7.67. The van der Waals surface area contributed by atoms with Gasteiger partial charge in [-0.05, 0) is 75.2 Å². The Morgan fingerprint density at radius 3 is 2.33 bits per heavy atom. The summed E-state index contributed by atoms with van der Waals surface area (Å²) in [6.07, 6.45) is -0.0915. The van der Waals surface area contributed by atoms with Gasteiger partial charge in [0, 0.05) is 31.2 Å². The number of pyridine rings is 1. The molecule has 42 heavy (non-hydrogen) atoms. The number of aliphatic hydroxyl groups is 1. The number of hydrogen-bond donors (Lipinski definition) is 3. The van der Waals surface area contributed by atoms with Crippen LogP contribution in [-0.2, 0) is 28.3 Å². The zero-order valence-corrected chi connectivity index (χ0v) is 24.2. The summed E-state index contributed by atoms with van der Waals surface area (Å²) in [5.41, 5.74) is 0.0803. The number of aryl methyl sites for hydroxylation is 1. The van der Waals surface area contributed by atoms with E-state index in [1.807, 2.05) is 0 Å². The highest BCUT2D eigenvalue weighted by Crippen LogP contribution is 2.37. The molecular formula is C29H28F3N5O4S. The fraction of sp³-hybridized carbons (Fsp3) is 0.276. The van der Waals surface area contributed by atoms with Crippen LogP contribution in [0.5, 0.6) is 0 Å². The second-order valence-electron chi connectivity index (χ2n) is 10.1. The van der Waals surface area contributed by atoms with E-state index in [1.165, 1.54) is 45.6 Å². The molecule has 9 nitrogen and oxygen atoms in total. The number of hydrogen-bond acceptors (Lipinski definition) is 6. The number of fused-ring (bicyclic) bond motifs is 1. The number of rotatable bonds is 7. The smallest absolute Gasteiger partial charge is 0.260 e. The molecular weight excluding hydrogens is 571 g/mol. The third-order valence-electron chi connectivity index (χ3n) is 6.21. The molecule has 0 spiro atoms. The van der Waals surface area contributed by atoms with E-state index in [9.17, 15) is 27.1 Å². The molecule has 4 rings (SSSR count). The Morgan fingerprint density at radius 1 is 1.10 bits per heavy atom. The van der Waals surface area contributed by atoms with E-state index < -0.39 is 50.1 Å². The molecule has 1 amide bonds. The Morgan fingerprint density at radius 2 is 1.74 bits per heavy atom. The highest BCUT2D eigenvalue weighted by atomic mass is 32.2. The van der Waals surface area contributed by atoms with Gasteiger partial charge in [-0.25, -0.2) is 31.3 Å². The molecule has 0 radical (unpaired) electrons. The van der Waals surface area contributed by atoms with E-state index >= 15 is 4.39 Å². The van der Waals surface area contributed by atoms with Crippen molar-refractivity contribution in [2.75, 3.05) is 7.05 Å². The lowest BCUT2D eigenvalue weighted by Crippen LogP contribution is -2.29. The summed E-state index contributed by atoms with van der Waals surface area (Å²) >= 11 is 0. The maximum atomic E-state index is 15.2. The van der Waals surface area contributed by atoms with Crippen LogP contribution >= 0.6 is 0 Å². The first-order valence-electron chi connectivity index (χ1n) is 12.7. The number of amides is 1. The van der Waals surface area contributed by atoms with Gasteiger partial charge in [-0.2, -0.15) is 5.10 Å². The van der Waals surface area contributed by atoms with Gasteiger partial charge in [0.1, 0.15) is 28.7 Å². The van der Waals surface area contributed by atoms with Crippen molar-refractivity contribution in [2.24, 2.45) is 7.05 Å². The van der Waals surface area contributed by atoms with Crippen LogP contribution in [0, 0.1) is 29.3 Å². The molecule has 0 aliphatic rings. The van der Waals surface area contributed by atoms with Gasteiger partial charge >= 0.3 is 0 Å². The molecule has 0 aliphatic carbocycles. The van der Waals surface area contributed by atoms with Crippen LogP contribution in [0.25, 0.3) is 22.0 Å². The van der Waals surface area contributed by atoms with Crippen molar-refractivity contribution in [1.29, 1.82) is 0 Å². The molecule has 4 aromatic rings. The largest absolute Gasteiger partial charge is 0.378 e. The van der Waals surface area contributed by atoms with Gasteiger partial charge in [-0.3, -0.25) is 9.48 Å². The van der Waals surface area contributed by atoms with Crippen LogP contribution in [0.1, 0.15) is 43.8 Å². The number of nitrogens with zero attached hydrogens (tertiary/aromatic N) is 3. The Hall–Kier alpha value is -4.25. The second kappa shape index (κ2) is 11.6. The van der Waals surface area contributed by atoms with E-state index in [0.29, 0.717) is 11.1 Å². The first-order chi connectivity index (χ1) is 19.6. The standard InChI is InChI=1S/C29H28F3N5O4S/c1-16(38)34-24(14-17-12-18(30)15-19(31)13-17)26-21(7-6-20(35-26)10-11-29(2,3)39)22-8-9-23(32)25-27(22)37(5)36-28(25)42(40,41)33-4/h6-9,12-13,15,24,33,39H,14H2,1-5H3,(H,34,38)/t24-/m0/s1. The summed E-state index contributed by atoms with van der Waals surface area (Å²) in [5, 5.41) is 16.1. The summed E-state index contributed by atoms with van der Waals surface area (Å²) in [6.45, 7) is 4.24. The van der Waals surface area contributed by atoms with Crippen molar-refractivity contribution in [3.8, 4) is 23.0 Å². The van der Waals surface area contributed by atoms with Crippen LogP contribution < -0.4 is 10.0 Å². The maximum Gasteiger partial charge on any atom is 0.260 e. The fourth-order valence-electron chi connectivity index (χ4n) is 4.53. The van der Waals surface area contributed by atoms with Gasteiger partial charge in [0.05, 0.1) is 22.6 Å². The molecule has 0 aliphatic heterocycles. The quantitative estimate of drug-likeness (QED) is 0.279. The van der Waals surface area contributed by atoms with Gasteiger partial charge in [0.2, 0.25) is 10.9 Å². The monoisotopic (exact) mass is 599 g/mol. The van der Waals surface area contributed by atoms with E-state index in [4.69, 9.17) is 0 Å². The van der Waals surface area contributed by atoms with Gasteiger partial charge in [-0.1, -0.05) is 5.92 Å². The SMILES string of the molecule is CNS(=O)(=O)c1nn(C)c2c(-c3ccc(C#CC(C)(C)O)nc3[C@H](Cc3cc(F)cc(F)c3)NC(C)=O)ccc(F)c12. The number of sulfonamides is 1. The lowest BCUT2D eigenvalue weighted by atomic mass is 9.93. The first-order valence-corrected chi connectivity index (χ1v) is 14.2. The van der Waals surface area contributed by atoms with Gasteiger partial charge < -0.3 is 10.4 Å². The second-order valence-corrected chi connectivity index (χ2v) is 11.9. The number of benzene rings is 2. The Bertz CT molecular complexity index is 1850. The average molecular weight is 600 g/mol.